The van der Waals surface area contributed by atoms with Gasteiger partial charge in [-0.05, 0) is 48.4 Å². The number of aliphatic hydroxyl groups excluding tert-OH is 1. The Kier molecular flexibility index (Phi) is 8.66. The molecule has 0 aliphatic heterocycles. The van der Waals surface area contributed by atoms with Gasteiger partial charge in [-0.25, -0.2) is 0 Å². The largest absolute Gasteiger partial charge is 0.388 e. The maximum atomic E-state index is 12.6. The summed E-state index contributed by atoms with van der Waals surface area (Å²) >= 11 is 0. The molecule has 0 radical (unpaired) electrons. The van der Waals surface area contributed by atoms with E-state index in [4.69, 9.17) is 4.74 Å². The van der Waals surface area contributed by atoms with Crippen molar-refractivity contribution in [3.05, 3.63) is 69.6 Å². The molecule has 4 nitrogen and oxygen atoms in total. The smallest absolute Gasteiger partial charge is 0.251 e. The van der Waals surface area contributed by atoms with E-state index in [-0.39, 0.29) is 23.6 Å². The summed E-state index contributed by atoms with van der Waals surface area (Å²) in [6.07, 6.45) is 2.99. The Bertz CT molecular complexity index is 810. The monoisotopic (exact) mass is 399 g/mol. The Hall–Kier alpha value is -1.91. The van der Waals surface area contributed by atoms with Crippen LogP contribution in [0.2, 0.25) is 0 Å². The predicted octanol–water partition coefficient (Wildman–Crippen LogP) is 5.58. The molecule has 1 aromatic carbocycles. The lowest BCUT2D eigenvalue weighted by Gasteiger charge is -2.27. The molecule has 4 heteroatoms. The van der Waals surface area contributed by atoms with Gasteiger partial charge < -0.3 is 14.4 Å². The summed E-state index contributed by atoms with van der Waals surface area (Å²) in [5.74, 6) is 0.583. The second-order valence-corrected chi connectivity index (χ2v) is 8.37. The molecule has 1 aromatic heterocycles. The van der Waals surface area contributed by atoms with Crippen molar-refractivity contribution >= 4 is 0 Å². The van der Waals surface area contributed by atoms with Crippen molar-refractivity contribution in [1.82, 2.24) is 4.57 Å². The lowest BCUT2D eigenvalue weighted by Crippen LogP contribution is -2.32. The highest BCUT2D eigenvalue weighted by Gasteiger charge is 2.20. The van der Waals surface area contributed by atoms with Gasteiger partial charge in [0.2, 0.25) is 0 Å². The van der Waals surface area contributed by atoms with Crippen LogP contribution < -0.4 is 5.56 Å². The summed E-state index contributed by atoms with van der Waals surface area (Å²) in [5, 5.41) is 9.95. The normalized spacial score (nSPS) is 15.9. The summed E-state index contributed by atoms with van der Waals surface area (Å²) in [6.45, 7) is 13.0. The molecule has 0 spiro atoms. The third-order valence-electron chi connectivity index (χ3n) is 5.84. The fourth-order valence-corrected chi connectivity index (χ4v) is 3.68. The SMILES string of the molecule is CCC(O)c1ccc(C(C)COC(C)C(CC)n2ccc(C(C)C)cc2=O)cc1. The number of ether oxygens (including phenoxy) is 1. The van der Waals surface area contributed by atoms with Gasteiger partial charge in [0.1, 0.15) is 0 Å². The van der Waals surface area contributed by atoms with E-state index >= 15 is 0 Å². The number of benzene rings is 1. The third kappa shape index (κ3) is 6.03. The lowest BCUT2D eigenvalue weighted by atomic mass is 9.98. The fourth-order valence-electron chi connectivity index (χ4n) is 3.68. The Morgan fingerprint density at radius 3 is 2.07 bits per heavy atom. The highest BCUT2D eigenvalue weighted by molar-refractivity contribution is 5.26. The molecule has 1 heterocycles. The van der Waals surface area contributed by atoms with E-state index in [1.807, 2.05) is 42.8 Å². The Labute approximate surface area is 175 Å². The molecule has 4 atom stereocenters. The van der Waals surface area contributed by atoms with E-state index in [9.17, 15) is 9.90 Å². The van der Waals surface area contributed by atoms with Crippen molar-refractivity contribution in [3.63, 3.8) is 0 Å². The second-order valence-electron chi connectivity index (χ2n) is 8.37. The number of pyridine rings is 1. The van der Waals surface area contributed by atoms with Gasteiger partial charge in [-0.2, -0.15) is 0 Å². The summed E-state index contributed by atoms with van der Waals surface area (Å²) in [5.41, 5.74) is 3.25. The second kappa shape index (κ2) is 10.7. The van der Waals surface area contributed by atoms with Crippen molar-refractivity contribution in [1.29, 1.82) is 0 Å². The fraction of sp³-hybridized carbons (Fsp3) is 0.560. The van der Waals surface area contributed by atoms with Crippen molar-refractivity contribution in [2.75, 3.05) is 6.61 Å². The molecule has 1 N–H and O–H groups in total. The molecule has 0 aliphatic carbocycles. The van der Waals surface area contributed by atoms with Crippen LogP contribution in [0.25, 0.3) is 0 Å². The lowest BCUT2D eigenvalue weighted by molar-refractivity contribution is 0.0203. The van der Waals surface area contributed by atoms with Crippen molar-refractivity contribution in [3.8, 4) is 0 Å². The predicted molar refractivity (Wildman–Crippen MR) is 120 cm³/mol. The summed E-state index contributed by atoms with van der Waals surface area (Å²) < 4.78 is 8.00. The van der Waals surface area contributed by atoms with Crippen molar-refractivity contribution in [2.45, 2.75) is 84.5 Å². The number of rotatable bonds is 10. The number of nitrogens with zero attached hydrogens (tertiary/aromatic N) is 1. The summed E-state index contributed by atoms with van der Waals surface area (Å²) in [6, 6.07) is 11.9. The number of aliphatic hydroxyl groups is 1. The van der Waals surface area contributed by atoms with Gasteiger partial charge >= 0.3 is 0 Å². The molecule has 0 bridgehead atoms. The van der Waals surface area contributed by atoms with Crippen LogP contribution in [0.5, 0.6) is 0 Å². The molecule has 4 unspecified atom stereocenters. The zero-order chi connectivity index (χ0) is 21.6. The van der Waals surface area contributed by atoms with Gasteiger partial charge in [0.25, 0.3) is 5.56 Å². The molecule has 0 amide bonds. The van der Waals surface area contributed by atoms with Gasteiger partial charge in [0.05, 0.1) is 24.9 Å². The van der Waals surface area contributed by atoms with Crippen LogP contribution in [0.15, 0.2) is 47.4 Å². The van der Waals surface area contributed by atoms with Crippen LogP contribution in [-0.2, 0) is 4.74 Å². The molecule has 29 heavy (non-hydrogen) atoms. The average Bonchev–Trinajstić information content (AvgIpc) is 2.72. The standard InChI is InChI=1S/C25H37NO3/c1-7-23(26-14-13-22(17(3)4)15-25(26)28)19(6)29-16-18(5)20-9-11-21(12-10-20)24(27)8-2/h9-15,17-19,23-24,27H,7-8,16H2,1-6H3. The molecule has 0 fully saturated rings. The zero-order valence-corrected chi connectivity index (χ0v) is 18.8. The van der Waals surface area contributed by atoms with Crippen LogP contribution in [0.1, 0.15) is 95.1 Å². The van der Waals surface area contributed by atoms with Gasteiger partial charge in [0.15, 0.2) is 0 Å². The summed E-state index contributed by atoms with van der Waals surface area (Å²) in [7, 11) is 0. The van der Waals surface area contributed by atoms with Crippen LogP contribution in [0.4, 0.5) is 0 Å². The quantitative estimate of drug-likeness (QED) is 0.568. The van der Waals surface area contributed by atoms with Gasteiger partial charge in [-0.1, -0.05) is 58.9 Å². The Morgan fingerprint density at radius 1 is 0.931 bits per heavy atom. The van der Waals surface area contributed by atoms with Crippen molar-refractivity contribution in [2.24, 2.45) is 0 Å². The van der Waals surface area contributed by atoms with Gasteiger partial charge in [0, 0.05) is 18.2 Å². The molecule has 2 aromatic rings. The number of aromatic nitrogens is 1. The molecule has 0 aliphatic rings. The maximum absolute atomic E-state index is 12.6. The Morgan fingerprint density at radius 2 is 1.55 bits per heavy atom. The first-order valence-electron chi connectivity index (χ1n) is 10.9. The van der Waals surface area contributed by atoms with Gasteiger partial charge in [-0.3, -0.25) is 4.79 Å². The van der Waals surface area contributed by atoms with E-state index in [0.29, 0.717) is 18.9 Å². The van der Waals surface area contributed by atoms with E-state index in [1.54, 1.807) is 6.07 Å². The van der Waals surface area contributed by atoms with Crippen LogP contribution >= 0.6 is 0 Å². The first-order chi connectivity index (χ1) is 13.8. The first-order valence-corrected chi connectivity index (χ1v) is 10.9. The minimum absolute atomic E-state index is 0.0120. The first kappa shape index (κ1) is 23.4. The van der Waals surface area contributed by atoms with E-state index < -0.39 is 6.10 Å². The topological polar surface area (TPSA) is 51.5 Å². The molecule has 2 rings (SSSR count). The number of hydrogen-bond acceptors (Lipinski definition) is 3. The molecule has 160 valence electrons. The van der Waals surface area contributed by atoms with Crippen molar-refractivity contribution < 1.29 is 9.84 Å². The minimum atomic E-state index is -0.402. The molecule has 0 saturated carbocycles. The molecule has 0 saturated heterocycles. The van der Waals surface area contributed by atoms with Crippen LogP contribution in [-0.4, -0.2) is 22.4 Å². The molecular formula is C25H37NO3. The Balaban J connectivity index is 2.02. The van der Waals surface area contributed by atoms with Crippen LogP contribution in [0.3, 0.4) is 0 Å². The van der Waals surface area contributed by atoms with E-state index in [2.05, 4.69) is 39.8 Å². The van der Waals surface area contributed by atoms with E-state index in [1.165, 1.54) is 5.56 Å². The minimum Gasteiger partial charge on any atom is -0.388 e. The van der Waals surface area contributed by atoms with E-state index in [0.717, 1.165) is 17.5 Å². The third-order valence-corrected chi connectivity index (χ3v) is 5.84. The summed E-state index contributed by atoms with van der Waals surface area (Å²) in [4.78, 5) is 12.6. The van der Waals surface area contributed by atoms with Gasteiger partial charge in [-0.15, -0.1) is 0 Å². The maximum Gasteiger partial charge on any atom is 0.251 e. The number of hydrogen-bond donors (Lipinski definition) is 1. The highest BCUT2D eigenvalue weighted by atomic mass is 16.5. The zero-order valence-electron chi connectivity index (χ0n) is 18.8. The average molecular weight is 400 g/mol. The highest BCUT2D eigenvalue weighted by Crippen LogP contribution is 2.24. The van der Waals surface area contributed by atoms with Crippen LogP contribution in [0, 0.1) is 0 Å². The molecular weight excluding hydrogens is 362 g/mol.